The summed E-state index contributed by atoms with van der Waals surface area (Å²) in [7, 11) is -2.54. The molecule has 0 amide bonds. The Balaban J connectivity index is 3.69. The maximum atomic E-state index is 10.4. The normalized spacial score (nSPS) is 16.3. The SMILES string of the molecule is CCCCC(CC)(CO)C(OP(O)O)c1ccc(C(C)(C)C)cc1C(C)(C)C. The van der Waals surface area contributed by atoms with E-state index in [1.54, 1.807) is 0 Å². The van der Waals surface area contributed by atoms with Crippen molar-refractivity contribution in [2.45, 2.75) is 98.0 Å². The smallest absolute Gasteiger partial charge is 0.327 e. The van der Waals surface area contributed by atoms with Crippen LogP contribution < -0.4 is 0 Å². The van der Waals surface area contributed by atoms with Crippen LogP contribution in [0.3, 0.4) is 0 Å². The molecule has 0 fully saturated rings. The highest BCUT2D eigenvalue weighted by atomic mass is 31.2. The Labute approximate surface area is 173 Å². The van der Waals surface area contributed by atoms with Crippen LogP contribution in [0.1, 0.15) is 104 Å². The minimum Gasteiger partial charge on any atom is -0.396 e. The van der Waals surface area contributed by atoms with Crippen LogP contribution in [0.4, 0.5) is 0 Å². The van der Waals surface area contributed by atoms with Crippen LogP contribution in [0.15, 0.2) is 18.2 Å². The third-order valence-corrected chi connectivity index (χ3v) is 6.21. The van der Waals surface area contributed by atoms with Crippen molar-refractivity contribution in [3.63, 3.8) is 0 Å². The molecule has 5 heteroatoms. The van der Waals surface area contributed by atoms with Gasteiger partial charge in [-0.1, -0.05) is 86.4 Å². The Hall–Kier alpha value is -0.510. The summed E-state index contributed by atoms with van der Waals surface area (Å²) in [5.41, 5.74) is 2.62. The van der Waals surface area contributed by atoms with E-state index in [9.17, 15) is 14.9 Å². The Morgan fingerprint density at radius 3 is 2.00 bits per heavy atom. The Bertz CT molecular complexity index is 610. The molecule has 3 N–H and O–H groups in total. The number of aliphatic hydroxyl groups excluding tert-OH is 1. The summed E-state index contributed by atoms with van der Waals surface area (Å²) in [5, 5.41) is 10.4. The lowest BCUT2D eigenvalue weighted by Gasteiger charge is -2.41. The Morgan fingerprint density at radius 1 is 1.00 bits per heavy atom. The molecule has 2 atom stereocenters. The van der Waals surface area contributed by atoms with Crippen molar-refractivity contribution in [1.82, 2.24) is 0 Å². The second-order valence-electron chi connectivity index (χ2n) is 10.0. The fraction of sp³-hybridized carbons (Fsp3) is 0.739. The summed E-state index contributed by atoms with van der Waals surface area (Å²) in [5.74, 6) is 0. The van der Waals surface area contributed by atoms with Gasteiger partial charge in [-0.2, -0.15) is 0 Å². The van der Waals surface area contributed by atoms with E-state index in [1.165, 1.54) is 5.56 Å². The minimum absolute atomic E-state index is 0.0104. The Kier molecular flexibility index (Phi) is 9.12. The van der Waals surface area contributed by atoms with Crippen molar-refractivity contribution in [3.8, 4) is 0 Å². The van der Waals surface area contributed by atoms with Crippen LogP contribution in [0.25, 0.3) is 0 Å². The maximum Gasteiger partial charge on any atom is 0.327 e. The molecule has 0 heterocycles. The van der Waals surface area contributed by atoms with Crippen LogP contribution in [0, 0.1) is 5.41 Å². The van der Waals surface area contributed by atoms with Crippen molar-refractivity contribution in [3.05, 3.63) is 34.9 Å². The van der Waals surface area contributed by atoms with Crippen molar-refractivity contribution in [1.29, 1.82) is 0 Å². The van der Waals surface area contributed by atoms with Gasteiger partial charge in [0, 0.05) is 5.41 Å². The predicted octanol–water partition coefficient (Wildman–Crippen LogP) is 6.13. The predicted molar refractivity (Wildman–Crippen MR) is 118 cm³/mol. The molecule has 0 spiro atoms. The number of rotatable bonds is 9. The zero-order valence-corrected chi connectivity index (χ0v) is 19.9. The van der Waals surface area contributed by atoms with E-state index in [0.29, 0.717) is 6.42 Å². The highest BCUT2D eigenvalue weighted by molar-refractivity contribution is 7.39. The van der Waals surface area contributed by atoms with Crippen molar-refractivity contribution < 1.29 is 19.4 Å². The van der Waals surface area contributed by atoms with Gasteiger partial charge in [0.2, 0.25) is 0 Å². The van der Waals surface area contributed by atoms with Gasteiger partial charge >= 0.3 is 8.60 Å². The van der Waals surface area contributed by atoms with Crippen LogP contribution in [-0.2, 0) is 15.4 Å². The van der Waals surface area contributed by atoms with Gasteiger partial charge in [-0.05, 0) is 40.4 Å². The molecule has 162 valence electrons. The van der Waals surface area contributed by atoms with E-state index in [-0.39, 0.29) is 17.4 Å². The number of unbranched alkanes of at least 4 members (excludes halogenated alkanes) is 1. The quantitative estimate of drug-likeness (QED) is 0.427. The molecule has 0 saturated heterocycles. The molecule has 0 saturated carbocycles. The van der Waals surface area contributed by atoms with Gasteiger partial charge in [-0.25, -0.2) is 0 Å². The molecule has 1 aromatic carbocycles. The molecule has 0 aliphatic rings. The zero-order chi connectivity index (χ0) is 21.8. The standard InChI is InChI=1S/C23H41O4P/c1-9-11-14-23(10-2,16-24)20(27-28(25)26)18-13-12-17(21(3,4)5)15-19(18)22(6,7)8/h12-13,15,20,24-26H,9-11,14,16H2,1-8H3. The van der Waals surface area contributed by atoms with E-state index in [0.717, 1.165) is 30.4 Å². The molecule has 0 bridgehead atoms. The second kappa shape index (κ2) is 10.00. The molecule has 1 aromatic rings. The van der Waals surface area contributed by atoms with Gasteiger partial charge in [0.05, 0.1) is 12.7 Å². The van der Waals surface area contributed by atoms with Crippen molar-refractivity contribution in [2.75, 3.05) is 6.61 Å². The van der Waals surface area contributed by atoms with Gasteiger partial charge in [-0.15, -0.1) is 0 Å². The monoisotopic (exact) mass is 412 g/mol. The minimum atomic E-state index is -2.54. The summed E-state index contributed by atoms with van der Waals surface area (Å²) in [6, 6.07) is 6.40. The van der Waals surface area contributed by atoms with E-state index >= 15 is 0 Å². The van der Waals surface area contributed by atoms with Gasteiger partial charge in [0.25, 0.3) is 0 Å². The molecular weight excluding hydrogens is 371 g/mol. The lowest BCUT2D eigenvalue weighted by Crippen LogP contribution is -2.35. The molecular formula is C23H41O4P. The average Bonchev–Trinajstić information content (AvgIpc) is 2.59. The highest BCUT2D eigenvalue weighted by Crippen LogP contribution is 2.51. The number of aliphatic hydroxyl groups is 1. The maximum absolute atomic E-state index is 10.4. The summed E-state index contributed by atoms with van der Waals surface area (Å²) >= 11 is 0. The first-order valence-corrected chi connectivity index (χ1v) is 11.6. The number of benzene rings is 1. The fourth-order valence-corrected chi connectivity index (χ4v) is 4.32. The third kappa shape index (κ3) is 6.24. The van der Waals surface area contributed by atoms with E-state index in [2.05, 4.69) is 66.7 Å². The molecule has 0 radical (unpaired) electrons. The molecule has 0 aromatic heterocycles. The van der Waals surface area contributed by atoms with Crippen molar-refractivity contribution in [2.24, 2.45) is 5.41 Å². The first kappa shape index (κ1) is 25.5. The van der Waals surface area contributed by atoms with Crippen LogP contribution in [0.5, 0.6) is 0 Å². The Morgan fingerprint density at radius 2 is 1.61 bits per heavy atom. The fourth-order valence-electron chi connectivity index (χ4n) is 3.79. The number of hydrogen-bond donors (Lipinski definition) is 3. The zero-order valence-electron chi connectivity index (χ0n) is 19.0. The highest BCUT2D eigenvalue weighted by Gasteiger charge is 2.42. The molecule has 2 unspecified atom stereocenters. The summed E-state index contributed by atoms with van der Waals surface area (Å²) in [4.78, 5) is 19.5. The van der Waals surface area contributed by atoms with Gasteiger partial charge in [0.15, 0.2) is 0 Å². The molecule has 4 nitrogen and oxygen atoms in total. The molecule has 28 heavy (non-hydrogen) atoms. The lowest BCUT2D eigenvalue weighted by atomic mass is 9.69. The van der Waals surface area contributed by atoms with E-state index in [1.807, 2.05) is 6.92 Å². The van der Waals surface area contributed by atoms with Gasteiger partial charge < -0.3 is 19.4 Å². The first-order chi connectivity index (χ1) is 12.8. The van der Waals surface area contributed by atoms with Crippen LogP contribution >= 0.6 is 8.60 Å². The third-order valence-electron chi connectivity index (χ3n) is 5.81. The van der Waals surface area contributed by atoms with Crippen LogP contribution in [0.2, 0.25) is 0 Å². The molecule has 0 aliphatic heterocycles. The van der Waals surface area contributed by atoms with Crippen LogP contribution in [-0.4, -0.2) is 21.5 Å². The summed E-state index contributed by atoms with van der Waals surface area (Å²) in [6.07, 6.45) is 2.86. The molecule has 1 rings (SSSR count). The lowest BCUT2D eigenvalue weighted by molar-refractivity contribution is -0.0210. The molecule has 0 aliphatic carbocycles. The van der Waals surface area contributed by atoms with Crippen molar-refractivity contribution >= 4 is 8.60 Å². The number of hydrogen-bond acceptors (Lipinski definition) is 4. The largest absolute Gasteiger partial charge is 0.396 e. The first-order valence-electron chi connectivity index (χ1n) is 10.4. The van der Waals surface area contributed by atoms with E-state index in [4.69, 9.17) is 4.52 Å². The summed E-state index contributed by atoms with van der Waals surface area (Å²) in [6.45, 7) is 17.2. The summed E-state index contributed by atoms with van der Waals surface area (Å²) < 4.78 is 5.76. The van der Waals surface area contributed by atoms with Gasteiger partial charge in [-0.3, -0.25) is 0 Å². The second-order valence-corrected chi connectivity index (χ2v) is 10.7. The average molecular weight is 413 g/mol. The van der Waals surface area contributed by atoms with Gasteiger partial charge in [0.1, 0.15) is 0 Å². The topological polar surface area (TPSA) is 69.9 Å². The van der Waals surface area contributed by atoms with E-state index < -0.39 is 20.1 Å².